The van der Waals surface area contributed by atoms with Gasteiger partial charge in [-0.2, -0.15) is 5.26 Å². The van der Waals surface area contributed by atoms with E-state index in [1.54, 1.807) is 25.1 Å². The van der Waals surface area contributed by atoms with E-state index in [1.807, 2.05) is 13.8 Å². The standard InChI is InChI=1S/C16H22N2O3/c1-11(2)9-16(3,21-5)15(19)18-14-7-6-13(20-4)8-12(14)10-17/h6-8,11H,9H2,1-5H3,(H,18,19)/t16-/m1/s1. The molecule has 0 fully saturated rings. The maximum absolute atomic E-state index is 12.4. The van der Waals surface area contributed by atoms with E-state index < -0.39 is 5.60 Å². The van der Waals surface area contributed by atoms with Crippen LogP contribution in [-0.4, -0.2) is 25.7 Å². The fourth-order valence-corrected chi connectivity index (χ4v) is 2.15. The summed E-state index contributed by atoms with van der Waals surface area (Å²) in [5.74, 6) is 0.619. The topological polar surface area (TPSA) is 71.3 Å². The fourth-order valence-electron chi connectivity index (χ4n) is 2.15. The lowest BCUT2D eigenvalue weighted by molar-refractivity contribution is -0.137. The van der Waals surface area contributed by atoms with Gasteiger partial charge < -0.3 is 14.8 Å². The molecule has 0 aliphatic carbocycles. The maximum atomic E-state index is 12.4. The maximum Gasteiger partial charge on any atom is 0.256 e. The number of ether oxygens (including phenoxy) is 2. The van der Waals surface area contributed by atoms with Crippen LogP contribution in [0.3, 0.4) is 0 Å². The van der Waals surface area contributed by atoms with Gasteiger partial charge in [0.05, 0.1) is 18.4 Å². The second kappa shape index (κ2) is 7.09. The Kier molecular flexibility index (Phi) is 5.74. The molecule has 0 saturated carbocycles. The molecule has 0 bridgehead atoms. The van der Waals surface area contributed by atoms with E-state index in [9.17, 15) is 4.79 Å². The van der Waals surface area contributed by atoms with Crippen LogP contribution in [0.1, 0.15) is 32.8 Å². The van der Waals surface area contributed by atoms with Gasteiger partial charge in [0, 0.05) is 7.11 Å². The molecule has 1 amide bonds. The Morgan fingerprint density at radius 1 is 1.43 bits per heavy atom. The van der Waals surface area contributed by atoms with Crippen LogP contribution in [-0.2, 0) is 9.53 Å². The number of benzene rings is 1. The lowest BCUT2D eigenvalue weighted by Crippen LogP contribution is -2.43. The Morgan fingerprint density at radius 2 is 2.10 bits per heavy atom. The number of rotatable bonds is 6. The molecule has 1 N–H and O–H groups in total. The zero-order chi connectivity index (χ0) is 16.0. The van der Waals surface area contributed by atoms with E-state index in [4.69, 9.17) is 14.7 Å². The SMILES string of the molecule is COc1ccc(NC(=O)[C@@](C)(CC(C)C)OC)c(C#N)c1. The molecule has 0 aliphatic rings. The summed E-state index contributed by atoms with van der Waals surface area (Å²) in [6, 6.07) is 6.99. The largest absolute Gasteiger partial charge is 0.497 e. The van der Waals surface area contributed by atoms with Crippen LogP contribution < -0.4 is 10.1 Å². The predicted octanol–water partition coefficient (Wildman–Crippen LogP) is 2.96. The Morgan fingerprint density at radius 3 is 2.57 bits per heavy atom. The molecule has 1 aromatic carbocycles. The number of nitrogens with zero attached hydrogens (tertiary/aromatic N) is 1. The zero-order valence-electron chi connectivity index (χ0n) is 13.2. The van der Waals surface area contributed by atoms with Crippen molar-refractivity contribution in [3.8, 4) is 11.8 Å². The smallest absolute Gasteiger partial charge is 0.256 e. The second-order valence-electron chi connectivity index (χ2n) is 5.51. The molecular weight excluding hydrogens is 268 g/mol. The van der Waals surface area contributed by atoms with Crippen LogP contribution in [0.4, 0.5) is 5.69 Å². The molecule has 5 nitrogen and oxygen atoms in total. The molecule has 0 saturated heterocycles. The van der Waals surface area contributed by atoms with Crippen LogP contribution in [0.25, 0.3) is 0 Å². The number of methoxy groups -OCH3 is 2. The van der Waals surface area contributed by atoms with Gasteiger partial charge in [0.1, 0.15) is 17.4 Å². The minimum absolute atomic E-state index is 0.264. The van der Waals surface area contributed by atoms with Crippen molar-refractivity contribution in [1.82, 2.24) is 0 Å². The average molecular weight is 290 g/mol. The number of anilines is 1. The number of nitriles is 1. The fraction of sp³-hybridized carbons (Fsp3) is 0.500. The van der Waals surface area contributed by atoms with Crippen LogP contribution in [0.15, 0.2) is 18.2 Å². The molecule has 21 heavy (non-hydrogen) atoms. The summed E-state index contributed by atoms with van der Waals surface area (Å²) in [5, 5.41) is 11.9. The van der Waals surface area contributed by atoms with Crippen LogP contribution in [0.2, 0.25) is 0 Å². The van der Waals surface area contributed by atoms with Gasteiger partial charge in [-0.1, -0.05) is 13.8 Å². The van der Waals surface area contributed by atoms with E-state index >= 15 is 0 Å². The lowest BCUT2D eigenvalue weighted by Gasteiger charge is -2.28. The quantitative estimate of drug-likeness (QED) is 0.874. The first-order valence-corrected chi connectivity index (χ1v) is 6.81. The first-order valence-electron chi connectivity index (χ1n) is 6.81. The highest BCUT2D eigenvalue weighted by molar-refractivity contribution is 5.98. The normalized spacial score (nSPS) is 13.4. The summed E-state index contributed by atoms with van der Waals surface area (Å²) in [7, 11) is 3.04. The number of amides is 1. The van der Waals surface area contributed by atoms with Crippen LogP contribution >= 0.6 is 0 Å². The van der Waals surface area contributed by atoms with Crippen molar-refractivity contribution in [2.45, 2.75) is 32.8 Å². The van der Waals surface area contributed by atoms with Crippen molar-refractivity contribution in [2.75, 3.05) is 19.5 Å². The number of carbonyl (C=O) groups is 1. The van der Waals surface area contributed by atoms with Gasteiger partial charge >= 0.3 is 0 Å². The van der Waals surface area contributed by atoms with Gasteiger partial charge in [0.25, 0.3) is 5.91 Å². The Hall–Kier alpha value is -2.06. The van der Waals surface area contributed by atoms with Gasteiger partial charge in [-0.05, 0) is 37.5 Å². The number of hydrogen-bond acceptors (Lipinski definition) is 4. The third-order valence-electron chi connectivity index (χ3n) is 3.32. The number of carbonyl (C=O) groups excluding carboxylic acids is 1. The highest BCUT2D eigenvalue weighted by Crippen LogP contribution is 2.25. The Labute approximate surface area is 125 Å². The molecule has 1 aromatic rings. The highest BCUT2D eigenvalue weighted by atomic mass is 16.5. The molecule has 1 rings (SSSR count). The van der Waals surface area contributed by atoms with Crippen LogP contribution in [0.5, 0.6) is 5.75 Å². The molecule has 0 radical (unpaired) electrons. The molecule has 0 aliphatic heterocycles. The predicted molar refractivity (Wildman–Crippen MR) is 81.2 cm³/mol. The van der Waals surface area contributed by atoms with Crippen molar-refractivity contribution < 1.29 is 14.3 Å². The van der Waals surface area contributed by atoms with Crippen molar-refractivity contribution in [1.29, 1.82) is 5.26 Å². The van der Waals surface area contributed by atoms with Crippen molar-refractivity contribution in [3.05, 3.63) is 23.8 Å². The van der Waals surface area contributed by atoms with Gasteiger partial charge in [-0.15, -0.1) is 0 Å². The average Bonchev–Trinajstić information content (AvgIpc) is 2.46. The summed E-state index contributed by atoms with van der Waals surface area (Å²) in [6.45, 7) is 5.80. The minimum atomic E-state index is -0.930. The Bertz CT molecular complexity index is 549. The summed E-state index contributed by atoms with van der Waals surface area (Å²) >= 11 is 0. The summed E-state index contributed by atoms with van der Waals surface area (Å²) in [6.07, 6.45) is 0.591. The number of nitrogens with one attached hydrogen (secondary N) is 1. The first-order chi connectivity index (χ1) is 9.86. The molecule has 5 heteroatoms. The number of hydrogen-bond donors (Lipinski definition) is 1. The zero-order valence-corrected chi connectivity index (χ0v) is 13.2. The van der Waals surface area contributed by atoms with E-state index in [-0.39, 0.29) is 5.91 Å². The molecule has 114 valence electrons. The Balaban J connectivity index is 3.00. The summed E-state index contributed by atoms with van der Waals surface area (Å²) in [4.78, 5) is 12.4. The van der Waals surface area contributed by atoms with E-state index in [1.165, 1.54) is 14.2 Å². The molecule has 0 aromatic heterocycles. The first kappa shape index (κ1) is 17.0. The third kappa shape index (κ3) is 4.20. The minimum Gasteiger partial charge on any atom is -0.497 e. The van der Waals surface area contributed by atoms with Gasteiger partial charge in [0.2, 0.25) is 0 Å². The van der Waals surface area contributed by atoms with Gasteiger partial charge in [-0.3, -0.25) is 4.79 Å². The van der Waals surface area contributed by atoms with Crippen molar-refractivity contribution in [3.63, 3.8) is 0 Å². The van der Waals surface area contributed by atoms with E-state index in [2.05, 4.69) is 11.4 Å². The van der Waals surface area contributed by atoms with E-state index in [0.29, 0.717) is 29.3 Å². The lowest BCUT2D eigenvalue weighted by atomic mass is 9.93. The molecular formula is C16H22N2O3. The molecule has 0 heterocycles. The van der Waals surface area contributed by atoms with Crippen molar-refractivity contribution >= 4 is 11.6 Å². The summed E-state index contributed by atoms with van der Waals surface area (Å²) in [5.41, 5.74) is -0.123. The van der Waals surface area contributed by atoms with Crippen LogP contribution in [0, 0.1) is 17.2 Å². The second-order valence-corrected chi connectivity index (χ2v) is 5.51. The molecule has 0 unspecified atom stereocenters. The highest BCUT2D eigenvalue weighted by Gasteiger charge is 2.34. The van der Waals surface area contributed by atoms with E-state index in [0.717, 1.165) is 0 Å². The van der Waals surface area contributed by atoms with Gasteiger partial charge in [0.15, 0.2) is 0 Å². The van der Waals surface area contributed by atoms with Gasteiger partial charge in [-0.25, -0.2) is 0 Å². The third-order valence-corrected chi connectivity index (χ3v) is 3.32. The molecule has 1 atom stereocenters. The molecule has 0 spiro atoms. The monoisotopic (exact) mass is 290 g/mol. The van der Waals surface area contributed by atoms with Crippen molar-refractivity contribution in [2.24, 2.45) is 5.92 Å². The summed E-state index contributed by atoms with van der Waals surface area (Å²) < 4.78 is 10.5.